The molecule has 3 nitrogen and oxygen atoms in total. The number of halogens is 1. The first-order valence-electron chi connectivity index (χ1n) is 6.03. The Kier molecular flexibility index (Phi) is 2.89. The zero-order chi connectivity index (χ0) is 11.8. The lowest BCUT2D eigenvalue weighted by Gasteiger charge is -2.31. The highest BCUT2D eigenvalue weighted by molar-refractivity contribution is 6.31. The quantitative estimate of drug-likeness (QED) is 0.882. The molecule has 2 aliphatic rings. The lowest BCUT2D eigenvalue weighted by atomic mass is 9.79. The van der Waals surface area contributed by atoms with Crippen LogP contribution in [0.15, 0.2) is 12.1 Å². The predicted octanol–water partition coefficient (Wildman–Crippen LogP) is 2.94. The molecule has 1 saturated carbocycles. The summed E-state index contributed by atoms with van der Waals surface area (Å²) in [6, 6.07) is 3.56. The van der Waals surface area contributed by atoms with Gasteiger partial charge in [0.25, 0.3) is 0 Å². The average Bonchev–Trinajstić information content (AvgIpc) is 2.25. The fourth-order valence-electron chi connectivity index (χ4n) is 2.32. The third-order valence-electron chi connectivity index (χ3n) is 3.58. The molecule has 0 aromatic heterocycles. The average molecular weight is 255 g/mol. The summed E-state index contributed by atoms with van der Waals surface area (Å²) >= 11 is 6.19. The van der Waals surface area contributed by atoms with Crippen LogP contribution in [0.2, 0.25) is 5.02 Å². The molecule has 0 bridgehead atoms. The van der Waals surface area contributed by atoms with E-state index in [1.165, 1.54) is 6.42 Å². The van der Waals surface area contributed by atoms with Crippen LogP contribution in [-0.2, 0) is 0 Å². The van der Waals surface area contributed by atoms with Gasteiger partial charge in [-0.15, -0.1) is 0 Å². The molecule has 0 saturated heterocycles. The third-order valence-corrected chi connectivity index (χ3v) is 3.90. The van der Waals surface area contributed by atoms with Crippen LogP contribution in [0.4, 0.5) is 0 Å². The number of aliphatic hydroxyl groups excluding tert-OH is 1. The molecule has 3 rings (SSSR count). The van der Waals surface area contributed by atoms with Crippen molar-refractivity contribution in [2.45, 2.75) is 25.4 Å². The predicted molar refractivity (Wildman–Crippen MR) is 64.7 cm³/mol. The van der Waals surface area contributed by atoms with Crippen LogP contribution in [-0.4, -0.2) is 18.3 Å². The van der Waals surface area contributed by atoms with Crippen LogP contribution in [0.1, 0.15) is 30.9 Å². The Hall–Kier alpha value is -0.930. The van der Waals surface area contributed by atoms with Crippen molar-refractivity contribution in [1.29, 1.82) is 0 Å². The normalized spacial score (nSPS) is 20.8. The van der Waals surface area contributed by atoms with Crippen LogP contribution in [0.3, 0.4) is 0 Å². The highest BCUT2D eigenvalue weighted by Crippen LogP contribution is 2.43. The molecule has 1 atom stereocenters. The number of benzene rings is 1. The van der Waals surface area contributed by atoms with Crippen molar-refractivity contribution in [3.05, 3.63) is 22.7 Å². The maximum absolute atomic E-state index is 10.2. The Balaban J connectivity index is 1.92. The molecular weight excluding hydrogens is 240 g/mol. The largest absolute Gasteiger partial charge is 0.486 e. The van der Waals surface area contributed by atoms with Gasteiger partial charge in [0.05, 0.1) is 11.1 Å². The number of hydrogen-bond acceptors (Lipinski definition) is 3. The lowest BCUT2D eigenvalue weighted by Crippen LogP contribution is -2.21. The first kappa shape index (κ1) is 11.2. The fraction of sp³-hybridized carbons (Fsp3) is 0.538. The summed E-state index contributed by atoms with van der Waals surface area (Å²) in [5.41, 5.74) is 0.764. The van der Waals surface area contributed by atoms with Crippen LogP contribution in [0.25, 0.3) is 0 Å². The Morgan fingerprint density at radius 1 is 1.18 bits per heavy atom. The molecule has 1 heterocycles. The molecule has 17 heavy (non-hydrogen) atoms. The SMILES string of the molecule is OC(c1cc2c(cc1Cl)OCCO2)C1CCC1. The Bertz CT molecular complexity index is 429. The second-order valence-corrected chi connectivity index (χ2v) is 5.06. The zero-order valence-corrected chi connectivity index (χ0v) is 10.2. The van der Waals surface area contributed by atoms with E-state index >= 15 is 0 Å². The topological polar surface area (TPSA) is 38.7 Å². The molecule has 1 fully saturated rings. The van der Waals surface area contributed by atoms with Crippen molar-refractivity contribution < 1.29 is 14.6 Å². The zero-order valence-electron chi connectivity index (χ0n) is 9.49. The highest BCUT2D eigenvalue weighted by Gasteiger charge is 2.29. The van der Waals surface area contributed by atoms with Crippen molar-refractivity contribution in [3.63, 3.8) is 0 Å². The Labute approximate surface area is 105 Å². The molecular formula is C13H15ClO3. The van der Waals surface area contributed by atoms with Gasteiger partial charge in [0.15, 0.2) is 11.5 Å². The number of fused-ring (bicyclic) bond motifs is 1. The minimum Gasteiger partial charge on any atom is -0.486 e. The number of aliphatic hydroxyl groups is 1. The van der Waals surface area contributed by atoms with E-state index in [0.717, 1.165) is 18.4 Å². The molecule has 1 N–H and O–H groups in total. The van der Waals surface area contributed by atoms with E-state index in [1.807, 2.05) is 6.07 Å². The molecule has 0 spiro atoms. The van der Waals surface area contributed by atoms with Crippen LogP contribution in [0.5, 0.6) is 11.5 Å². The van der Waals surface area contributed by atoms with E-state index < -0.39 is 6.10 Å². The van der Waals surface area contributed by atoms with Gasteiger partial charge in [-0.3, -0.25) is 0 Å². The first-order chi connectivity index (χ1) is 8.25. The molecule has 92 valence electrons. The second kappa shape index (κ2) is 4.39. The van der Waals surface area contributed by atoms with Gasteiger partial charge < -0.3 is 14.6 Å². The summed E-state index contributed by atoms with van der Waals surface area (Å²) in [6.45, 7) is 1.10. The van der Waals surface area contributed by atoms with Gasteiger partial charge >= 0.3 is 0 Å². The van der Waals surface area contributed by atoms with Crippen molar-refractivity contribution in [1.82, 2.24) is 0 Å². The minimum absolute atomic E-state index is 0.343. The second-order valence-electron chi connectivity index (χ2n) is 4.65. The van der Waals surface area contributed by atoms with E-state index in [4.69, 9.17) is 21.1 Å². The summed E-state index contributed by atoms with van der Waals surface area (Å²) in [6.07, 6.45) is 2.87. The van der Waals surface area contributed by atoms with E-state index in [0.29, 0.717) is 35.7 Å². The number of ether oxygens (including phenoxy) is 2. The maximum atomic E-state index is 10.2. The van der Waals surface area contributed by atoms with Gasteiger partial charge in [-0.05, 0) is 24.8 Å². The number of hydrogen-bond donors (Lipinski definition) is 1. The molecule has 1 aromatic carbocycles. The van der Waals surface area contributed by atoms with Gasteiger partial charge in [-0.25, -0.2) is 0 Å². The number of rotatable bonds is 2. The van der Waals surface area contributed by atoms with Crippen molar-refractivity contribution in [2.75, 3.05) is 13.2 Å². The molecule has 1 aliphatic carbocycles. The van der Waals surface area contributed by atoms with Crippen LogP contribution in [0, 0.1) is 5.92 Å². The standard InChI is InChI=1S/C13H15ClO3/c14-10-7-12-11(16-4-5-17-12)6-9(10)13(15)8-2-1-3-8/h6-8,13,15H,1-5H2. The van der Waals surface area contributed by atoms with E-state index in [9.17, 15) is 5.11 Å². The van der Waals surface area contributed by atoms with E-state index in [2.05, 4.69) is 0 Å². The molecule has 1 aliphatic heterocycles. The van der Waals surface area contributed by atoms with Gasteiger partial charge in [0.1, 0.15) is 13.2 Å². The summed E-state index contributed by atoms with van der Waals surface area (Å²) in [4.78, 5) is 0. The van der Waals surface area contributed by atoms with E-state index in [1.54, 1.807) is 6.07 Å². The van der Waals surface area contributed by atoms with Crippen LogP contribution >= 0.6 is 11.6 Å². The summed E-state index contributed by atoms with van der Waals surface area (Å²) in [5, 5.41) is 10.8. The van der Waals surface area contributed by atoms with Crippen LogP contribution < -0.4 is 9.47 Å². The van der Waals surface area contributed by atoms with Gasteiger partial charge in [0.2, 0.25) is 0 Å². The molecule has 1 aromatic rings. The fourth-order valence-corrected chi connectivity index (χ4v) is 2.58. The highest BCUT2D eigenvalue weighted by atomic mass is 35.5. The lowest BCUT2D eigenvalue weighted by molar-refractivity contribution is 0.0616. The first-order valence-corrected chi connectivity index (χ1v) is 6.40. The monoisotopic (exact) mass is 254 g/mol. The Morgan fingerprint density at radius 2 is 1.82 bits per heavy atom. The van der Waals surface area contributed by atoms with Crippen molar-refractivity contribution in [2.24, 2.45) is 5.92 Å². The molecule has 4 heteroatoms. The smallest absolute Gasteiger partial charge is 0.162 e. The molecule has 0 amide bonds. The molecule has 1 unspecified atom stereocenters. The maximum Gasteiger partial charge on any atom is 0.162 e. The summed E-state index contributed by atoms with van der Waals surface area (Å²) in [5.74, 6) is 1.70. The minimum atomic E-state index is -0.480. The summed E-state index contributed by atoms with van der Waals surface area (Å²) in [7, 11) is 0. The van der Waals surface area contributed by atoms with Crippen molar-refractivity contribution in [3.8, 4) is 11.5 Å². The van der Waals surface area contributed by atoms with Gasteiger partial charge in [-0.1, -0.05) is 18.0 Å². The van der Waals surface area contributed by atoms with Gasteiger partial charge in [0, 0.05) is 11.6 Å². The van der Waals surface area contributed by atoms with Crippen molar-refractivity contribution >= 4 is 11.6 Å². The van der Waals surface area contributed by atoms with Gasteiger partial charge in [-0.2, -0.15) is 0 Å². The summed E-state index contributed by atoms with van der Waals surface area (Å²) < 4.78 is 11.0. The molecule has 0 radical (unpaired) electrons. The van der Waals surface area contributed by atoms with E-state index in [-0.39, 0.29) is 0 Å². The Morgan fingerprint density at radius 3 is 2.41 bits per heavy atom. The third kappa shape index (κ3) is 1.98.